The van der Waals surface area contributed by atoms with Crippen molar-refractivity contribution < 1.29 is 59.0 Å². The molecule has 0 radical (unpaired) electrons. The lowest BCUT2D eigenvalue weighted by atomic mass is 9.85. The van der Waals surface area contributed by atoms with Crippen LogP contribution in [0.2, 0.25) is 0 Å². The maximum Gasteiger partial charge on any atom is 0.472 e. The molecule has 0 spiro atoms. The van der Waals surface area contributed by atoms with E-state index in [0.717, 1.165) is 57.8 Å². The van der Waals surface area contributed by atoms with Gasteiger partial charge in [0.15, 0.2) is 0 Å². The Bertz CT molecular complexity index is 1300. The van der Waals surface area contributed by atoms with Crippen molar-refractivity contribution in [3.05, 3.63) is 48.6 Å². The molecule has 65 heavy (non-hydrogen) atoms. The van der Waals surface area contributed by atoms with Crippen LogP contribution in [-0.2, 0) is 18.4 Å². The van der Waals surface area contributed by atoms with Crippen LogP contribution in [0.15, 0.2) is 48.6 Å². The summed E-state index contributed by atoms with van der Waals surface area (Å²) in [5.74, 6) is -0.604. The molecule has 14 heteroatoms. The van der Waals surface area contributed by atoms with Gasteiger partial charge in [0.05, 0.1) is 31.3 Å². The summed E-state index contributed by atoms with van der Waals surface area (Å²) in [6.07, 6.45) is 34.8. The minimum Gasteiger partial charge on any atom is -0.393 e. The van der Waals surface area contributed by atoms with Gasteiger partial charge in [0, 0.05) is 0 Å². The third-order valence-electron chi connectivity index (χ3n) is 12.1. The highest BCUT2D eigenvalue weighted by molar-refractivity contribution is 7.47. The Labute approximate surface area is 393 Å². The Balaban J connectivity index is 2.49. The van der Waals surface area contributed by atoms with Crippen molar-refractivity contribution in [1.82, 2.24) is 5.32 Å². The van der Waals surface area contributed by atoms with Crippen molar-refractivity contribution in [3.8, 4) is 0 Å². The zero-order valence-corrected chi connectivity index (χ0v) is 41.3. The zero-order valence-electron chi connectivity index (χ0n) is 40.4. The highest BCUT2D eigenvalue weighted by atomic mass is 31.2. The molecule has 0 heterocycles. The molecule has 0 aliphatic heterocycles. The molecule has 1 fully saturated rings. The molecular weight excluding hydrogens is 850 g/mol. The van der Waals surface area contributed by atoms with Crippen molar-refractivity contribution in [2.24, 2.45) is 0 Å². The number of phosphoric ester groups is 1. The van der Waals surface area contributed by atoms with Gasteiger partial charge in [0.1, 0.15) is 36.6 Å². The second kappa shape index (κ2) is 40.2. The second-order valence-corrected chi connectivity index (χ2v) is 19.6. The van der Waals surface area contributed by atoms with E-state index in [1.807, 2.05) is 0 Å². The molecule has 0 saturated heterocycles. The first-order chi connectivity index (χ1) is 31.3. The summed E-state index contributed by atoms with van der Waals surface area (Å²) in [5.41, 5.74) is 0. The number of allylic oxidation sites excluding steroid dienone is 7. The first-order valence-corrected chi connectivity index (χ1v) is 27.2. The van der Waals surface area contributed by atoms with Crippen molar-refractivity contribution in [3.63, 3.8) is 0 Å². The summed E-state index contributed by atoms with van der Waals surface area (Å²) >= 11 is 0. The number of carbonyl (C=O) groups is 1. The summed E-state index contributed by atoms with van der Waals surface area (Å²) in [6.45, 7) is 3.64. The van der Waals surface area contributed by atoms with E-state index in [9.17, 15) is 50.0 Å². The minimum absolute atomic E-state index is 0.254. The van der Waals surface area contributed by atoms with Gasteiger partial charge >= 0.3 is 7.82 Å². The molecule has 1 aliphatic carbocycles. The van der Waals surface area contributed by atoms with Crippen LogP contribution in [0.4, 0.5) is 0 Å². The second-order valence-electron chi connectivity index (χ2n) is 18.2. The Morgan fingerprint density at radius 2 is 1.00 bits per heavy atom. The lowest BCUT2D eigenvalue weighted by Crippen LogP contribution is -2.64. The number of hydrogen-bond acceptors (Lipinski definition) is 11. The number of hydrogen-bond donors (Lipinski definition) is 9. The fourth-order valence-electron chi connectivity index (χ4n) is 8.00. The predicted molar refractivity (Wildman–Crippen MR) is 261 cm³/mol. The van der Waals surface area contributed by atoms with E-state index in [4.69, 9.17) is 9.05 Å². The van der Waals surface area contributed by atoms with Crippen LogP contribution in [0.5, 0.6) is 0 Å². The van der Waals surface area contributed by atoms with Gasteiger partial charge in [0.2, 0.25) is 5.91 Å². The molecule has 8 unspecified atom stereocenters. The molecule has 1 saturated carbocycles. The first-order valence-electron chi connectivity index (χ1n) is 25.7. The smallest absolute Gasteiger partial charge is 0.393 e. The van der Waals surface area contributed by atoms with Crippen LogP contribution in [0.25, 0.3) is 0 Å². The third-order valence-corrected chi connectivity index (χ3v) is 13.1. The molecule has 9 N–H and O–H groups in total. The van der Waals surface area contributed by atoms with Crippen LogP contribution in [0, 0.1) is 0 Å². The molecule has 0 aromatic rings. The van der Waals surface area contributed by atoms with Crippen molar-refractivity contribution in [1.29, 1.82) is 0 Å². The molecule has 0 aromatic heterocycles. The van der Waals surface area contributed by atoms with Crippen molar-refractivity contribution >= 4 is 13.7 Å². The number of nitrogens with one attached hydrogen (secondary N) is 1. The predicted octanol–water partition coefficient (Wildman–Crippen LogP) is 9.48. The fraction of sp³-hybridized carbons (Fsp3) is 0.824. The summed E-state index contributed by atoms with van der Waals surface area (Å²) < 4.78 is 22.9. The SMILES string of the molecule is CC/C=C\C/C=C\CCCCCCCCCCCCCCC(O)CC(=O)NC(COP(=O)(O)OC1C(O)C(O)C(O)C(O)C1O)C(O)/C=C/CC/C=C/CCCCCCCCCCCC. The largest absolute Gasteiger partial charge is 0.472 e. The number of phosphoric acid groups is 1. The van der Waals surface area contributed by atoms with Crippen molar-refractivity contribution in [2.45, 2.75) is 261 Å². The van der Waals surface area contributed by atoms with E-state index in [-0.39, 0.29) is 6.42 Å². The molecule has 1 aliphatic rings. The number of unbranched alkanes of at least 4 members (excludes halogenated alkanes) is 23. The molecule has 1 rings (SSSR count). The van der Waals surface area contributed by atoms with Gasteiger partial charge in [-0.05, 0) is 57.8 Å². The fourth-order valence-corrected chi connectivity index (χ4v) is 8.97. The van der Waals surface area contributed by atoms with E-state index < -0.39 is 75.2 Å². The van der Waals surface area contributed by atoms with E-state index >= 15 is 0 Å². The molecule has 8 atom stereocenters. The highest BCUT2D eigenvalue weighted by Crippen LogP contribution is 2.47. The van der Waals surface area contributed by atoms with Gasteiger partial charge in [-0.25, -0.2) is 4.57 Å². The lowest BCUT2D eigenvalue weighted by Gasteiger charge is -2.41. The molecule has 1 amide bonds. The van der Waals surface area contributed by atoms with Gasteiger partial charge < -0.3 is 46.0 Å². The summed E-state index contributed by atoms with van der Waals surface area (Å²) in [7, 11) is -5.15. The summed E-state index contributed by atoms with van der Waals surface area (Å²) in [5, 5.41) is 74.6. The number of aliphatic hydroxyl groups is 7. The van der Waals surface area contributed by atoms with Gasteiger partial charge in [-0.2, -0.15) is 0 Å². The van der Waals surface area contributed by atoms with E-state index in [1.165, 1.54) is 122 Å². The van der Waals surface area contributed by atoms with Gasteiger partial charge in [-0.1, -0.05) is 191 Å². The Morgan fingerprint density at radius 1 is 0.569 bits per heavy atom. The number of amides is 1. The molecule has 13 nitrogen and oxygen atoms in total. The quantitative estimate of drug-likeness (QED) is 0.0158. The maximum absolute atomic E-state index is 13.0. The molecule has 0 bridgehead atoms. The molecular formula is C51H94NO12P. The van der Waals surface area contributed by atoms with Crippen molar-refractivity contribution in [2.75, 3.05) is 6.61 Å². The van der Waals surface area contributed by atoms with Crippen LogP contribution in [0.3, 0.4) is 0 Å². The van der Waals surface area contributed by atoms with E-state index in [1.54, 1.807) is 6.08 Å². The first kappa shape index (κ1) is 61.3. The topological polar surface area (TPSA) is 226 Å². The van der Waals surface area contributed by atoms with E-state index in [0.29, 0.717) is 12.8 Å². The Kier molecular flexibility index (Phi) is 37.9. The normalized spacial score (nSPS) is 22.9. The number of rotatable bonds is 42. The van der Waals surface area contributed by atoms with Crippen LogP contribution in [-0.4, -0.2) is 108 Å². The summed E-state index contributed by atoms with van der Waals surface area (Å²) in [4.78, 5) is 23.5. The van der Waals surface area contributed by atoms with Crippen LogP contribution < -0.4 is 5.32 Å². The Hall–Kier alpha value is -1.74. The average molecular weight is 944 g/mol. The van der Waals surface area contributed by atoms with Gasteiger partial charge in [-0.15, -0.1) is 0 Å². The standard InChI is InChI=1S/C51H94NO12P/c1-3-5-7-9-11-13-15-17-19-21-22-23-24-26-28-30-32-34-36-38-42(53)40-45(55)52-43(41-63-65(61,62)64-51-49(59)47(57)46(56)48(58)50(51)60)44(54)39-37-35-33-31-29-27-25-20-18-16-14-12-10-8-6-4-2/h5,7,11,13,29,31,37,39,42-44,46-51,53-54,56-60H,3-4,6,8-10,12,14-28,30,32-36,38,40-41H2,1-2H3,(H,52,55)(H,61,62)/b7-5-,13-11-,31-29+,39-37+. The minimum atomic E-state index is -5.15. The maximum atomic E-state index is 13.0. The van der Waals surface area contributed by atoms with Crippen LogP contribution >= 0.6 is 7.82 Å². The lowest BCUT2D eigenvalue weighted by molar-refractivity contribution is -0.220. The van der Waals surface area contributed by atoms with Gasteiger partial charge in [0.25, 0.3) is 0 Å². The van der Waals surface area contributed by atoms with Crippen LogP contribution in [0.1, 0.15) is 206 Å². The zero-order chi connectivity index (χ0) is 48.0. The van der Waals surface area contributed by atoms with E-state index in [2.05, 4.69) is 55.6 Å². The van der Waals surface area contributed by atoms with Gasteiger partial charge in [-0.3, -0.25) is 13.8 Å². The molecule has 380 valence electrons. The Morgan fingerprint density at radius 3 is 1.52 bits per heavy atom. The number of aliphatic hydroxyl groups excluding tert-OH is 7. The molecule has 0 aromatic carbocycles. The average Bonchev–Trinajstić information content (AvgIpc) is 3.28. The number of carbonyl (C=O) groups excluding carboxylic acids is 1. The highest BCUT2D eigenvalue weighted by Gasteiger charge is 2.51. The summed E-state index contributed by atoms with van der Waals surface area (Å²) in [6, 6.07) is -1.26. The monoisotopic (exact) mass is 944 g/mol. The third kappa shape index (κ3) is 31.8.